The molecule has 2 nitrogen and oxygen atoms in total. The molecule has 1 aromatic rings. The number of anilines is 1. The van der Waals surface area contributed by atoms with Crippen molar-refractivity contribution < 1.29 is 0 Å². The first-order valence-corrected chi connectivity index (χ1v) is 7.92. The van der Waals surface area contributed by atoms with E-state index < -0.39 is 0 Å². The van der Waals surface area contributed by atoms with E-state index in [0.29, 0.717) is 18.0 Å². The van der Waals surface area contributed by atoms with Gasteiger partial charge < -0.3 is 10.2 Å². The average Bonchev–Trinajstić information content (AvgIpc) is 2.37. The lowest BCUT2D eigenvalue weighted by Gasteiger charge is -2.47. The number of nitrogens with one attached hydrogen (secondary N) is 1. The Kier molecular flexibility index (Phi) is 4.66. The van der Waals surface area contributed by atoms with Crippen LogP contribution in [0.4, 0.5) is 5.69 Å². The summed E-state index contributed by atoms with van der Waals surface area (Å²) >= 11 is 6.18. The maximum absolute atomic E-state index is 6.18. The molecule has 0 amide bonds. The Bertz CT molecular complexity index is 451. The van der Waals surface area contributed by atoms with Crippen LogP contribution < -0.4 is 10.2 Å². The summed E-state index contributed by atoms with van der Waals surface area (Å²) < 4.78 is 0. The number of halogens is 1. The smallest absolute Gasteiger partial charge is 0.0438 e. The molecule has 0 spiro atoms. The van der Waals surface area contributed by atoms with E-state index in [2.05, 4.69) is 57.0 Å². The minimum Gasteiger partial charge on any atom is -0.365 e. The number of hydrogen-bond donors (Lipinski definition) is 1. The highest BCUT2D eigenvalue weighted by Crippen LogP contribution is 2.30. The highest BCUT2D eigenvalue weighted by Gasteiger charge is 2.35. The van der Waals surface area contributed by atoms with Gasteiger partial charge in [0.2, 0.25) is 0 Å². The SMILES string of the molecule is CC(C)C1CNC(C(C)(C)C)CN1c1cccc(Cl)c1. The third-order valence-corrected chi connectivity index (χ3v) is 4.54. The molecule has 0 aliphatic carbocycles. The normalized spacial score (nSPS) is 24.2. The van der Waals surface area contributed by atoms with Crippen molar-refractivity contribution in [2.24, 2.45) is 11.3 Å². The van der Waals surface area contributed by atoms with Gasteiger partial charge >= 0.3 is 0 Å². The van der Waals surface area contributed by atoms with Crippen LogP contribution in [0.25, 0.3) is 0 Å². The van der Waals surface area contributed by atoms with Gasteiger partial charge in [-0.15, -0.1) is 0 Å². The predicted octanol–water partition coefficient (Wildman–Crippen LogP) is 4.19. The van der Waals surface area contributed by atoms with Gasteiger partial charge in [0, 0.05) is 35.9 Å². The monoisotopic (exact) mass is 294 g/mol. The van der Waals surface area contributed by atoms with Crippen LogP contribution in [0, 0.1) is 11.3 Å². The Morgan fingerprint density at radius 1 is 1.30 bits per heavy atom. The molecule has 1 aromatic carbocycles. The molecule has 20 heavy (non-hydrogen) atoms. The summed E-state index contributed by atoms with van der Waals surface area (Å²) in [4.78, 5) is 2.53. The highest BCUT2D eigenvalue weighted by molar-refractivity contribution is 6.30. The fourth-order valence-corrected chi connectivity index (χ4v) is 3.08. The number of benzene rings is 1. The van der Waals surface area contributed by atoms with E-state index in [4.69, 9.17) is 11.6 Å². The van der Waals surface area contributed by atoms with Gasteiger partial charge in [0.1, 0.15) is 0 Å². The molecule has 0 bridgehead atoms. The van der Waals surface area contributed by atoms with Gasteiger partial charge in [0.25, 0.3) is 0 Å². The van der Waals surface area contributed by atoms with Crippen LogP contribution >= 0.6 is 11.6 Å². The second-order valence-electron chi connectivity index (χ2n) is 7.27. The number of piperazine rings is 1. The molecule has 0 radical (unpaired) electrons. The minimum absolute atomic E-state index is 0.263. The predicted molar refractivity (Wildman–Crippen MR) is 88.7 cm³/mol. The number of nitrogens with zero attached hydrogens (tertiary/aromatic N) is 1. The molecule has 1 aliphatic heterocycles. The molecule has 1 fully saturated rings. The molecule has 1 saturated heterocycles. The fourth-order valence-electron chi connectivity index (χ4n) is 2.90. The molecular weight excluding hydrogens is 268 g/mol. The van der Waals surface area contributed by atoms with E-state index in [1.54, 1.807) is 0 Å². The second kappa shape index (κ2) is 5.95. The average molecular weight is 295 g/mol. The van der Waals surface area contributed by atoms with Crippen LogP contribution in [0.3, 0.4) is 0 Å². The maximum atomic E-state index is 6.18. The molecule has 112 valence electrons. The van der Waals surface area contributed by atoms with E-state index in [9.17, 15) is 0 Å². The van der Waals surface area contributed by atoms with Crippen LogP contribution in [0.5, 0.6) is 0 Å². The third kappa shape index (κ3) is 3.48. The molecule has 3 heteroatoms. The first kappa shape index (κ1) is 15.7. The maximum Gasteiger partial charge on any atom is 0.0438 e. The van der Waals surface area contributed by atoms with E-state index >= 15 is 0 Å². The summed E-state index contributed by atoms with van der Waals surface area (Å²) in [5.74, 6) is 0.613. The molecule has 1 heterocycles. The lowest BCUT2D eigenvalue weighted by molar-refractivity contribution is 0.221. The molecule has 0 saturated carbocycles. The Balaban J connectivity index is 2.28. The molecular formula is C17H27ClN2. The van der Waals surface area contributed by atoms with Crippen molar-refractivity contribution in [2.45, 2.75) is 46.7 Å². The van der Waals surface area contributed by atoms with Crippen molar-refractivity contribution in [1.29, 1.82) is 0 Å². The van der Waals surface area contributed by atoms with Crippen molar-refractivity contribution in [1.82, 2.24) is 5.32 Å². The van der Waals surface area contributed by atoms with Gasteiger partial charge in [-0.25, -0.2) is 0 Å². The molecule has 0 aromatic heterocycles. The summed E-state index contributed by atoms with van der Waals surface area (Å²) in [5, 5.41) is 4.55. The summed E-state index contributed by atoms with van der Waals surface area (Å²) in [6, 6.07) is 9.26. The lowest BCUT2D eigenvalue weighted by atomic mass is 9.83. The summed E-state index contributed by atoms with van der Waals surface area (Å²) in [6.07, 6.45) is 0. The van der Waals surface area contributed by atoms with E-state index in [1.807, 2.05) is 12.1 Å². The fraction of sp³-hybridized carbons (Fsp3) is 0.647. The van der Waals surface area contributed by atoms with E-state index in [0.717, 1.165) is 18.1 Å². The third-order valence-electron chi connectivity index (χ3n) is 4.31. The van der Waals surface area contributed by atoms with Gasteiger partial charge in [-0.1, -0.05) is 52.3 Å². The van der Waals surface area contributed by atoms with Crippen LogP contribution in [-0.4, -0.2) is 25.2 Å². The van der Waals surface area contributed by atoms with Gasteiger partial charge in [0.15, 0.2) is 0 Å². The van der Waals surface area contributed by atoms with Gasteiger partial charge in [-0.2, -0.15) is 0 Å². The molecule has 1 aliphatic rings. The number of hydrogen-bond acceptors (Lipinski definition) is 2. The Hall–Kier alpha value is -0.730. The largest absolute Gasteiger partial charge is 0.365 e. The van der Waals surface area contributed by atoms with Crippen molar-refractivity contribution in [3.05, 3.63) is 29.3 Å². The number of rotatable bonds is 2. The van der Waals surface area contributed by atoms with E-state index in [1.165, 1.54) is 5.69 Å². The summed E-state index contributed by atoms with van der Waals surface area (Å²) in [7, 11) is 0. The zero-order valence-electron chi connectivity index (χ0n) is 13.3. The summed E-state index contributed by atoms with van der Waals surface area (Å²) in [5.41, 5.74) is 1.51. The highest BCUT2D eigenvalue weighted by atomic mass is 35.5. The molecule has 1 N–H and O–H groups in total. The molecule has 2 unspecified atom stereocenters. The molecule has 2 rings (SSSR count). The standard InChI is InChI=1S/C17H27ClN2/c1-12(2)15-10-19-16(17(3,4)5)11-20(15)14-8-6-7-13(18)9-14/h6-9,12,15-16,19H,10-11H2,1-5H3. The molecule has 2 atom stereocenters. The second-order valence-corrected chi connectivity index (χ2v) is 7.71. The van der Waals surface area contributed by atoms with Crippen LogP contribution in [0.1, 0.15) is 34.6 Å². The summed E-state index contributed by atoms with van der Waals surface area (Å²) in [6.45, 7) is 13.6. The van der Waals surface area contributed by atoms with Crippen molar-refractivity contribution >= 4 is 17.3 Å². The van der Waals surface area contributed by atoms with Crippen LogP contribution in [0.2, 0.25) is 5.02 Å². The minimum atomic E-state index is 0.263. The van der Waals surface area contributed by atoms with Crippen LogP contribution in [0.15, 0.2) is 24.3 Å². The van der Waals surface area contributed by atoms with Gasteiger partial charge in [0.05, 0.1) is 0 Å². The van der Waals surface area contributed by atoms with Crippen molar-refractivity contribution in [3.63, 3.8) is 0 Å². The van der Waals surface area contributed by atoms with Crippen molar-refractivity contribution in [3.8, 4) is 0 Å². The zero-order chi connectivity index (χ0) is 14.9. The Morgan fingerprint density at radius 2 is 2.00 bits per heavy atom. The Labute approximate surface area is 128 Å². The lowest BCUT2D eigenvalue weighted by Crippen LogP contribution is -2.62. The van der Waals surface area contributed by atoms with Crippen LogP contribution in [-0.2, 0) is 0 Å². The first-order valence-electron chi connectivity index (χ1n) is 7.54. The van der Waals surface area contributed by atoms with Gasteiger partial charge in [-0.3, -0.25) is 0 Å². The topological polar surface area (TPSA) is 15.3 Å². The van der Waals surface area contributed by atoms with Gasteiger partial charge in [-0.05, 0) is 29.5 Å². The Morgan fingerprint density at radius 3 is 2.55 bits per heavy atom. The van der Waals surface area contributed by atoms with E-state index in [-0.39, 0.29) is 5.41 Å². The first-order chi connectivity index (χ1) is 9.29. The van der Waals surface area contributed by atoms with Crippen molar-refractivity contribution in [2.75, 3.05) is 18.0 Å². The quantitative estimate of drug-likeness (QED) is 0.880. The zero-order valence-corrected chi connectivity index (χ0v) is 14.0.